The number of amides is 1. The second-order valence-corrected chi connectivity index (χ2v) is 3.94. The number of aryl methyl sites for hydroxylation is 2. The third-order valence-corrected chi connectivity index (χ3v) is 2.40. The molecule has 1 aromatic rings. The highest BCUT2D eigenvalue weighted by Gasteiger charge is 2.29. The quantitative estimate of drug-likeness (QED) is 0.775. The summed E-state index contributed by atoms with van der Waals surface area (Å²) >= 11 is 0. The van der Waals surface area contributed by atoms with E-state index >= 15 is 0 Å². The molecule has 1 N–H and O–H groups in total. The molecule has 0 aliphatic heterocycles. The highest BCUT2D eigenvalue weighted by Crippen LogP contribution is 2.30. The zero-order valence-corrected chi connectivity index (χ0v) is 8.50. The van der Waals surface area contributed by atoms with E-state index in [4.69, 9.17) is 0 Å². The van der Waals surface area contributed by atoms with Crippen molar-refractivity contribution in [2.75, 3.05) is 5.32 Å². The minimum Gasteiger partial charge on any atom is -0.310 e. The van der Waals surface area contributed by atoms with Crippen LogP contribution in [0.15, 0.2) is 12.3 Å². The second-order valence-electron chi connectivity index (χ2n) is 3.94. The van der Waals surface area contributed by atoms with Gasteiger partial charge in [-0.3, -0.25) is 4.79 Å². The normalized spacial score (nSPS) is 15.3. The van der Waals surface area contributed by atoms with E-state index in [0.29, 0.717) is 5.82 Å². The first-order valence-electron chi connectivity index (χ1n) is 4.91. The van der Waals surface area contributed by atoms with Crippen molar-refractivity contribution < 1.29 is 4.79 Å². The van der Waals surface area contributed by atoms with E-state index in [1.54, 1.807) is 6.20 Å². The third kappa shape index (κ3) is 1.92. The summed E-state index contributed by atoms with van der Waals surface area (Å²) in [5.41, 5.74) is 2.14. The summed E-state index contributed by atoms with van der Waals surface area (Å²) in [6.45, 7) is 3.95. The molecule has 3 heteroatoms. The van der Waals surface area contributed by atoms with Crippen LogP contribution < -0.4 is 5.32 Å². The van der Waals surface area contributed by atoms with Crippen molar-refractivity contribution in [1.82, 2.24) is 4.98 Å². The van der Waals surface area contributed by atoms with Gasteiger partial charge >= 0.3 is 0 Å². The minimum atomic E-state index is 0.115. The summed E-state index contributed by atoms with van der Waals surface area (Å²) in [6.07, 6.45) is 3.82. The van der Waals surface area contributed by atoms with Crippen LogP contribution in [0.3, 0.4) is 0 Å². The van der Waals surface area contributed by atoms with Crippen molar-refractivity contribution in [3.63, 3.8) is 0 Å². The average molecular weight is 190 g/mol. The summed E-state index contributed by atoms with van der Waals surface area (Å²) in [4.78, 5) is 15.7. The fraction of sp³-hybridized carbons (Fsp3) is 0.455. The fourth-order valence-electron chi connectivity index (χ4n) is 1.41. The summed E-state index contributed by atoms with van der Waals surface area (Å²) in [6, 6.07) is 2.02. The van der Waals surface area contributed by atoms with E-state index < -0.39 is 0 Å². The zero-order chi connectivity index (χ0) is 10.1. The SMILES string of the molecule is Cc1cnc(NC(=O)C2CC2)c(C)c1. The molecule has 0 aromatic carbocycles. The summed E-state index contributed by atoms with van der Waals surface area (Å²) in [5, 5.41) is 2.85. The molecular formula is C11H14N2O. The van der Waals surface area contributed by atoms with Crippen LogP contribution >= 0.6 is 0 Å². The number of anilines is 1. The Balaban J connectivity index is 2.11. The molecule has 1 heterocycles. The maximum absolute atomic E-state index is 11.5. The third-order valence-electron chi connectivity index (χ3n) is 2.40. The predicted octanol–water partition coefficient (Wildman–Crippen LogP) is 2.05. The molecule has 0 unspecified atom stereocenters. The van der Waals surface area contributed by atoms with Gasteiger partial charge in [0.1, 0.15) is 5.82 Å². The van der Waals surface area contributed by atoms with Gasteiger partial charge in [-0.05, 0) is 37.8 Å². The molecule has 3 nitrogen and oxygen atoms in total. The molecule has 0 atom stereocenters. The van der Waals surface area contributed by atoms with Crippen LogP contribution in [0.4, 0.5) is 5.82 Å². The Hall–Kier alpha value is -1.38. The first-order valence-corrected chi connectivity index (χ1v) is 4.91. The lowest BCUT2D eigenvalue weighted by atomic mass is 10.2. The first kappa shape index (κ1) is 9.19. The van der Waals surface area contributed by atoms with Crippen molar-refractivity contribution in [3.05, 3.63) is 23.4 Å². The lowest BCUT2D eigenvalue weighted by molar-refractivity contribution is -0.117. The Labute approximate surface area is 83.5 Å². The number of nitrogens with zero attached hydrogens (tertiary/aromatic N) is 1. The minimum absolute atomic E-state index is 0.115. The largest absolute Gasteiger partial charge is 0.310 e. The van der Waals surface area contributed by atoms with E-state index in [2.05, 4.69) is 10.3 Å². The molecule has 0 bridgehead atoms. The van der Waals surface area contributed by atoms with E-state index in [-0.39, 0.29) is 11.8 Å². The van der Waals surface area contributed by atoms with Gasteiger partial charge in [-0.15, -0.1) is 0 Å². The second kappa shape index (κ2) is 3.40. The number of nitrogens with one attached hydrogen (secondary N) is 1. The van der Waals surface area contributed by atoms with Gasteiger partial charge < -0.3 is 5.32 Å². The number of hydrogen-bond acceptors (Lipinski definition) is 2. The number of hydrogen-bond donors (Lipinski definition) is 1. The Morgan fingerprint density at radius 1 is 1.50 bits per heavy atom. The topological polar surface area (TPSA) is 42.0 Å². The van der Waals surface area contributed by atoms with Crippen LogP contribution in [0.1, 0.15) is 24.0 Å². The van der Waals surface area contributed by atoms with Gasteiger partial charge in [0.25, 0.3) is 0 Å². The van der Waals surface area contributed by atoms with Gasteiger partial charge in [0.05, 0.1) is 0 Å². The Morgan fingerprint density at radius 2 is 2.21 bits per heavy atom. The molecule has 1 amide bonds. The monoisotopic (exact) mass is 190 g/mol. The van der Waals surface area contributed by atoms with Crippen molar-refractivity contribution >= 4 is 11.7 Å². The van der Waals surface area contributed by atoms with E-state index in [9.17, 15) is 4.79 Å². The molecule has 0 spiro atoms. The number of carbonyl (C=O) groups is 1. The van der Waals surface area contributed by atoms with Gasteiger partial charge in [0.2, 0.25) is 5.91 Å². The molecule has 1 aromatic heterocycles. The molecular weight excluding hydrogens is 176 g/mol. The number of carbonyl (C=O) groups excluding carboxylic acids is 1. The van der Waals surface area contributed by atoms with Gasteiger partial charge in [-0.25, -0.2) is 4.98 Å². The van der Waals surface area contributed by atoms with Crippen LogP contribution in [0, 0.1) is 19.8 Å². The highest BCUT2D eigenvalue weighted by atomic mass is 16.2. The summed E-state index contributed by atoms with van der Waals surface area (Å²) in [7, 11) is 0. The number of pyridine rings is 1. The lowest BCUT2D eigenvalue weighted by Gasteiger charge is -2.06. The van der Waals surface area contributed by atoms with Crippen molar-refractivity contribution in [2.45, 2.75) is 26.7 Å². The molecule has 14 heavy (non-hydrogen) atoms. The van der Waals surface area contributed by atoms with Crippen molar-refractivity contribution in [3.8, 4) is 0 Å². The molecule has 1 saturated carbocycles. The summed E-state index contributed by atoms with van der Waals surface area (Å²) in [5.74, 6) is 1.05. The molecule has 74 valence electrons. The van der Waals surface area contributed by atoms with Gasteiger partial charge in [-0.2, -0.15) is 0 Å². The molecule has 1 fully saturated rings. The smallest absolute Gasteiger partial charge is 0.228 e. The fourth-order valence-corrected chi connectivity index (χ4v) is 1.41. The van der Waals surface area contributed by atoms with Crippen LogP contribution in [-0.4, -0.2) is 10.9 Å². The van der Waals surface area contributed by atoms with Gasteiger partial charge in [0, 0.05) is 12.1 Å². The van der Waals surface area contributed by atoms with Crippen molar-refractivity contribution in [1.29, 1.82) is 0 Å². The maximum Gasteiger partial charge on any atom is 0.228 e. The van der Waals surface area contributed by atoms with Crippen LogP contribution in [0.2, 0.25) is 0 Å². The van der Waals surface area contributed by atoms with E-state index in [0.717, 1.165) is 24.0 Å². The molecule has 0 radical (unpaired) electrons. The van der Waals surface area contributed by atoms with Crippen LogP contribution in [0.5, 0.6) is 0 Å². The zero-order valence-electron chi connectivity index (χ0n) is 8.50. The van der Waals surface area contributed by atoms with Gasteiger partial charge in [-0.1, -0.05) is 6.07 Å². The highest BCUT2D eigenvalue weighted by molar-refractivity contribution is 5.93. The summed E-state index contributed by atoms with van der Waals surface area (Å²) < 4.78 is 0. The van der Waals surface area contributed by atoms with E-state index in [1.165, 1.54) is 0 Å². The van der Waals surface area contributed by atoms with E-state index in [1.807, 2.05) is 19.9 Å². The molecule has 1 aliphatic rings. The van der Waals surface area contributed by atoms with Gasteiger partial charge in [0.15, 0.2) is 0 Å². The van der Waals surface area contributed by atoms with Crippen LogP contribution in [-0.2, 0) is 4.79 Å². The maximum atomic E-state index is 11.5. The Morgan fingerprint density at radius 3 is 2.79 bits per heavy atom. The predicted molar refractivity (Wildman–Crippen MR) is 55.1 cm³/mol. The lowest BCUT2D eigenvalue weighted by Crippen LogP contribution is -2.15. The Kier molecular flexibility index (Phi) is 2.23. The molecule has 0 saturated heterocycles. The average Bonchev–Trinajstić information content (AvgIpc) is 2.92. The standard InChI is InChI=1S/C11H14N2O/c1-7-5-8(2)10(12-6-7)13-11(14)9-3-4-9/h5-6,9H,3-4H2,1-2H3,(H,12,13,14). The first-order chi connectivity index (χ1) is 6.66. The van der Waals surface area contributed by atoms with Crippen molar-refractivity contribution in [2.24, 2.45) is 5.92 Å². The Bertz CT molecular complexity index is 370. The molecule has 1 aliphatic carbocycles. The number of aromatic nitrogens is 1. The molecule has 2 rings (SSSR count). The van der Waals surface area contributed by atoms with Crippen LogP contribution in [0.25, 0.3) is 0 Å². The number of rotatable bonds is 2.